The lowest BCUT2D eigenvalue weighted by molar-refractivity contribution is 0.0527. The maximum Gasteiger partial charge on any atom is 0.250 e. The van der Waals surface area contributed by atoms with Crippen molar-refractivity contribution >= 4 is 17.3 Å². The lowest BCUT2D eigenvalue weighted by Crippen LogP contribution is -2.40. The SMILES string of the molecule is CCOC1CCCN(c2cccc(C(N)=O)c2N)C1. The zero-order valence-electron chi connectivity index (χ0n) is 11.3. The van der Waals surface area contributed by atoms with Crippen molar-refractivity contribution in [2.24, 2.45) is 5.73 Å². The van der Waals surface area contributed by atoms with Gasteiger partial charge in [0.15, 0.2) is 0 Å². The fourth-order valence-electron chi connectivity index (χ4n) is 2.57. The molecule has 5 heteroatoms. The van der Waals surface area contributed by atoms with Crippen molar-refractivity contribution in [3.63, 3.8) is 0 Å². The second kappa shape index (κ2) is 5.93. The highest BCUT2D eigenvalue weighted by atomic mass is 16.5. The summed E-state index contributed by atoms with van der Waals surface area (Å²) < 4.78 is 5.68. The first-order valence-electron chi connectivity index (χ1n) is 6.68. The zero-order chi connectivity index (χ0) is 13.8. The highest BCUT2D eigenvalue weighted by Gasteiger charge is 2.22. The summed E-state index contributed by atoms with van der Waals surface area (Å²) in [4.78, 5) is 13.5. The Morgan fingerprint density at radius 2 is 2.32 bits per heavy atom. The number of anilines is 2. The summed E-state index contributed by atoms with van der Waals surface area (Å²) in [5, 5.41) is 0. The Bertz CT molecular complexity index is 460. The standard InChI is InChI=1S/C14H21N3O2/c1-2-19-10-5-4-8-17(9-10)12-7-3-6-11(13(12)15)14(16)18/h3,6-7,10H,2,4-5,8-9,15H2,1H3,(H2,16,18). The number of nitrogen functional groups attached to an aromatic ring is 1. The Morgan fingerprint density at radius 3 is 3.00 bits per heavy atom. The Morgan fingerprint density at radius 1 is 1.53 bits per heavy atom. The number of ether oxygens (including phenoxy) is 1. The monoisotopic (exact) mass is 263 g/mol. The van der Waals surface area contributed by atoms with E-state index in [4.69, 9.17) is 16.2 Å². The fourth-order valence-corrected chi connectivity index (χ4v) is 2.57. The van der Waals surface area contributed by atoms with Crippen LogP contribution < -0.4 is 16.4 Å². The molecule has 104 valence electrons. The van der Waals surface area contributed by atoms with Crippen LogP contribution in [0.3, 0.4) is 0 Å². The number of hydrogen-bond donors (Lipinski definition) is 2. The van der Waals surface area contributed by atoms with Gasteiger partial charge in [-0.25, -0.2) is 0 Å². The second-order valence-corrected chi connectivity index (χ2v) is 4.77. The van der Waals surface area contributed by atoms with Gasteiger partial charge in [0, 0.05) is 19.7 Å². The molecule has 1 saturated heterocycles. The van der Waals surface area contributed by atoms with Crippen LogP contribution in [0.5, 0.6) is 0 Å². The molecule has 1 heterocycles. The molecule has 2 rings (SSSR count). The van der Waals surface area contributed by atoms with Crippen LogP contribution in [0.25, 0.3) is 0 Å². The van der Waals surface area contributed by atoms with E-state index in [0.717, 1.165) is 38.2 Å². The van der Waals surface area contributed by atoms with Crippen molar-refractivity contribution in [1.82, 2.24) is 0 Å². The van der Waals surface area contributed by atoms with Crippen LogP contribution in [-0.2, 0) is 4.74 Å². The number of nitrogens with zero attached hydrogens (tertiary/aromatic N) is 1. The maximum atomic E-state index is 11.3. The number of primary amides is 1. The summed E-state index contributed by atoms with van der Waals surface area (Å²) in [7, 11) is 0. The third-order valence-corrected chi connectivity index (χ3v) is 3.47. The summed E-state index contributed by atoms with van der Waals surface area (Å²) >= 11 is 0. The predicted octanol–water partition coefficient (Wildman–Crippen LogP) is 1.37. The molecule has 1 aliphatic rings. The predicted molar refractivity (Wildman–Crippen MR) is 76.2 cm³/mol. The van der Waals surface area contributed by atoms with Gasteiger partial charge in [0.1, 0.15) is 0 Å². The van der Waals surface area contributed by atoms with E-state index >= 15 is 0 Å². The number of amides is 1. The minimum Gasteiger partial charge on any atom is -0.396 e. The van der Waals surface area contributed by atoms with Crippen LogP contribution >= 0.6 is 0 Å². The first kappa shape index (κ1) is 13.7. The lowest BCUT2D eigenvalue weighted by Gasteiger charge is -2.35. The number of benzene rings is 1. The first-order valence-corrected chi connectivity index (χ1v) is 6.68. The van der Waals surface area contributed by atoms with Crippen molar-refractivity contribution < 1.29 is 9.53 Å². The summed E-state index contributed by atoms with van der Waals surface area (Å²) in [6.45, 7) is 4.45. The van der Waals surface area contributed by atoms with Gasteiger partial charge in [0.05, 0.1) is 23.0 Å². The summed E-state index contributed by atoms with van der Waals surface area (Å²) in [5.41, 5.74) is 13.1. The van der Waals surface area contributed by atoms with Crippen LogP contribution in [0.4, 0.5) is 11.4 Å². The molecule has 5 nitrogen and oxygen atoms in total. The molecule has 19 heavy (non-hydrogen) atoms. The van der Waals surface area contributed by atoms with Crippen LogP contribution in [0.2, 0.25) is 0 Å². The van der Waals surface area contributed by atoms with Crippen LogP contribution in [0.1, 0.15) is 30.1 Å². The van der Waals surface area contributed by atoms with E-state index in [1.54, 1.807) is 6.07 Å². The number of rotatable bonds is 4. The summed E-state index contributed by atoms with van der Waals surface area (Å²) in [5.74, 6) is -0.488. The van der Waals surface area contributed by atoms with E-state index in [1.807, 2.05) is 19.1 Å². The Kier molecular flexibility index (Phi) is 4.27. The van der Waals surface area contributed by atoms with Gasteiger partial charge >= 0.3 is 0 Å². The van der Waals surface area contributed by atoms with E-state index < -0.39 is 5.91 Å². The van der Waals surface area contributed by atoms with Gasteiger partial charge < -0.3 is 21.1 Å². The third kappa shape index (κ3) is 2.98. The molecule has 0 saturated carbocycles. The second-order valence-electron chi connectivity index (χ2n) is 4.77. The van der Waals surface area contributed by atoms with Crippen molar-refractivity contribution in [2.75, 3.05) is 30.3 Å². The molecule has 4 N–H and O–H groups in total. The van der Waals surface area contributed by atoms with Gasteiger partial charge in [-0.2, -0.15) is 0 Å². The lowest BCUT2D eigenvalue weighted by atomic mass is 10.0. The van der Waals surface area contributed by atoms with E-state index in [-0.39, 0.29) is 6.10 Å². The topological polar surface area (TPSA) is 81.6 Å². The molecule has 1 unspecified atom stereocenters. The minimum atomic E-state index is -0.488. The molecule has 1 aromatic rings. The first-order chi connectivity index (χ1) is 9.13. The average Bonchev–Trinajstić information content (AvgIpc) is 2.39. The normalized spacial score (nSPS) is 19.4. The largest absolute Gasteiger partial charge is 0.396 e. The number of para-hydroxylation sites is 1. The quantitative estimate of drug-likeness (QED) is 0.804. The van der Waals surface area contributed by atoms with Gasteiger partial charge in [-0.1, -0.05) is 6.07 Å². The van der Waals surface area contributed by atoms with E-state index in [1.165, 1.54) is 0 Å². The van der Waals surface area contributed by atoms with Gasteiger partial charge in [-0.15, -0.1) is 0 Å². The van der Waals surface area contributed by atoms with E-state index in [9.17, 15) is 4.79 Å². The average molecular weight is 263 g/mol. The number of nitrogens with two attached hydrogens (primary N) is 2. The van der Waals surface area contributed by atoms with Crippen molar-refractivity contribution in [1.29, 1.82) is 0 Å². The van der Waals surface area contributed by atoms with Gasteiger partial charge in [-0.05, 0) is 31.9 Å². The Balaban J connectivity index is 2.21. The molecule has 0 spiro atoms. The number of carbonyl (C=O) groups excluding carboxylic acids is 1. The Labute approximate surface area is 113 Å². The molecule has 1 aliphatic heterocycles. The zero-order valence-corrected chi connectivity index (χ0v) is 11.3. The highest BCUT2D eigenvalue weighted by Crippen LogP contribution is 2.29. The molecule has 1 aromatic carbocycles. The fraction of sp³-hybridized carbons (Fsp3) is 0.500. The molecule has 0 bridgehead atoms. The maximum absolute atomic E-state index is 11.3. The molecule has 0 radical (unpaired) electrons. The van der Waals surface area contributed by atoms with Crippen LogP contribution in [-0.4, -0.2) is 31.7 Å². The smallest absolute Gasteiger partial charge is 0.250 e. The molecule has 1 atom stereocenters. The minimum absolute atomic E-state index is 0.232. The molecule has 1 fully saturated rings. The molecular weight excluding hydrogens is 242 g/mol. The molecular formula is C14H21N3O2. The van der Waals surface area contributed by atoms with E-state index in [0.29, 0.717) is 11.3 Å². The van der Waals surface area contributed by atoms with Crippen molar-refractivity contribution in [3.05, 3.63) is 23.8 Å². The van der Waals surface area contributed by atoms with Crippen molar-refractivity contribution in [2.45, 2.75) is 25.9 Å². The highest BCUT2D eigenvalue weighted by molar-refractivity contribution is 6.00. The van der Waals surface area contributed by atoms with Crippen molar-refractivity contribution in [3.8, 4) is 0 Å². The number of carbonyl (C=O) groups is 1. The van der Waals surface area contributed by atoms with Gasteiger partial charge in [0.2, 0.25) is 0 Å². The molecule has 0 aromatic heterocycles. The Hall–Kier alpha value is -1.75. The molecule has 0 aliphatic carbocycles. The van der Waals surface area contributed by atoms with E-state index in [2.05, 4.69) is 4.90 Å². The number of piperidine rings is 1. The third-order valence-electron chi connectivity index (χ3n) is 3.47. The van der Waals surface area contributed by atoms with Gasteiger partial charge in [-0.3, -0.25) is 4.79 Å². The summed E-state index contributed by atoms with van der Waals surface area (Å²) in [6, 6.07) is 5.40. The van der Waals surface area contributed by atoms with Gasteiger partial charge in [0.25, 0.3) is 5.91 Å². The van der Waals surface area contributed by atoms with Crippen LogP contribution in [0, 0.1) is 0 Å². The summed E-state index contributed by atoms with van der Waals surface area (Å²) in [6.07, 6.45) is 2.36. The number of hydrogen-bond acceptors (Lipinski definition) is 4. The van der Waals surface area contributed by atoms with Crippen LogP contribution in [0.15, 0.2) is 18.2 Å². The molecule has 1 amide bonds.